The molecule has 1 aromatic carbocycles. The molecule has 2 aromatic rings. The second-order valence-electron chi connectivity index (χ2n) is 5.75. The van der Waals surface area contributed by atoms with E-state index in [1.807, 2.05) is 0 Å². The molecule has 1 fully saturated rings. The quantitative estimate of drug-likeness (QED) is 0.818. The van der Waals surface area contributed by atoms with Gasteiger partial charge in [-0.2, -0.15) is 18.2 Å². The number of rotatable bonds is 5. The molecule has 2 heterocycles. The molecule has 0 atom stereocenters. The van der Waals surface area contributed by atoms with Crippen molar-refractivity contribution in [3.8, 4) is 5.88 Å². The largest absolute Gasteiger partial charge is 0.476 e. The van der Waals surface area contributed by atoms with Crippen LogP contribution in [0, 0.1) is 5.92 Å². The van der Waals surface area contributed by atoms with Crippen LogP contribution in [-0.4, -0.2) is 34.6 Å². The molecule has 1 saturated heterocycles. The van der Waals surface area contributed by atoms with E-state index in [9.17, 15) is 13.2 Å². The maximum atomic E-state index is 12.5. The molecule has 0 bridgehead atoms. The lowest BCUT2D eigenvalue weighted by Gasteiger charge is -2.39. The van der Waals surface area contributed by atoms with Crippen molar-refractivity contribution in [3.05, 3.63) is 52.9 Å². The number of aromatic nitrogens is 2. The first-order valence-corrected chi connectivity index (χ1v) is 7.77. The lowest BCUT2D eigenvalue weighted by Crippen LogP contribution is -2.48. The highest BCUT2D eigenvalue weighted by Crippen LogP contribution is 2.29. The Morgan fingerprint density at radius 2 is 1.88 bits per heavy atom. The number of hydrogen-bond acceptors (Lipinski definition) is 4. The van der Waals surface area contributed by atoms with E-state index in [-0.39, 0.29) is 5.15 Å². The summed E-state index contributed by atoms with van der Waals surface area (Å²) >= 11 is 5.73. The first-order valence-electron chi connectivity index (χ1n) is 7.39. The molecule has 8 heteroatoms. The summed E-state index contributed by atoms with van der Waals surface area (Å²) in [6.45, 7) is 2.80. The highest BCUT2D eigenvalue weighted by Gasteiger charge is 2.30. The van der Waals surface area contributed by atoms with Crippen LogP contribution in [0.25, 0.3) is 0 Å². The summed E-state index contributed by atoms with van der Waals surface area (Å²) in [5.74, 6) is 0.754. The fourth-order valence-corrected chi connectivity index (χ4v) is 2.71. The fourth-order valence-electron chi connectivity index (χ4n) is 2.57. The molecule has 4 nitrogen and oxygen atoms in total. The highest BCUT2D eigenvalue weighted by atomic mass is 35.5. The summed E-state index contributed by atoms with van der Waals surface area (Å²) in [6, 6.07) is 5.28. The van der Waals surface area contributed by atoms with Gasteiger partial charge in [-0.3, -0.25) is 9.88 Å². The van der Waals surface area contributed by atoms with Crippen molar-refractivity contribution in [3.63, 3.8) is 0 Å². The van der Waals surface area contributed by atoms with Gasteiger partial charge in [-0.15, -0.1) is 0 Å². The highest BCUT2D eigenvalue weighted by molar-refractivity contribution is 6.29. The summed E-state index contributed by atoms with van der Waals surface area (Å²) < 4.78 is 43.1. The predicted molar refractivity (Wildman–Crippen MR) is 82.7 cm³/mol. The van der Waals surface area contributed by atoms with Crippen LogP contribution in [0.1, 0.15) is 11.1 Å². The Morgan fingerprint density at radius 1 is 1.17 bits per heavy atom. The Bertz CT molecular complexity index is 688. The maximum absolute atomic E-state index is 12.5. The number of hydrogen-bond donors (Lipinski definition) is 0. The normalized spacial score (nSPS) is 16.0. The average molecular weight is 358 g/mol. The summed E-state index contributed by atoms with van der Waals surface area (Å²) in [7, 11) is 0. The standard InChI is InChI=1S/C16H15ClF3N3O/c17-14-5-21-6-15(22-14)24-10-12-8-23(9-12)7-11-1-3-13(4-2-11)16(18,19)20/h1-6,12H,7-10H2. The van der Waals surface area contributed by atoms with E-state index in [0.717, 1.165) is 30.8 Å². The van der Waals surface area contributed by atoms with Crippen LogP contribution in [0.5, 0.6) is 5.88 Å². The monoisotopic (exact) mass is 357 g/mol. The van der Waals surface area contributed by atoms with E-state index in [0.29, 0.717) is 24.9 Å². The van der Waals surface area contributed by atoms with Gasteiger partial charge >= 0.3 is 6.18 Å². The van der Waals surface area contributed by atoms with Gasteiger partial charge in [-0.1, -0.05) is 23.7 Å². The minimum atomic E-state index is -4.29. The zero-order chi connectivity index (χ0) is 17.2. The smallest absolute Gasteiger partial charge is 0.416 e. The molecule has 0 unspecified atom stereocenters. The van der Waals surface area contributed by atoms with E-state index in [4.69, 9.17) is 16.3 Å². The molecule has 0 spiro atoms. The molecule has 1 aromatic heterocycles. The van der Waals surface area contributed by atoms with Gasteiger partial charge in [0.25, 0.3) is 0 Å². The Morgan fingerprint density at radius 3 is 2.50 bits per heavy atom. The van der Waals surface area contributed by atoms with Crippen LogP contribution in [0.15, 0.2) is 36.7 Å². The Hall–Kier alpha value is -1.86. The molecule has 0 radical (unpaired) electrons. The molecule has 0 saturated carbocycles. The zero-order valence-electron chi connectivity index (χ0n) is 12.6. The Kier molecular flexibility index (Phi) is 4.91. The van der Waals surface area contributed by atoms with Crippen molar-refractivity contribution in [1.29, 1.82) is 0 Å². The van der Waals surface area contributed by atoms with Gasteiger partial charge in [-0.05, 0) is 17.7 Å². The van der Waals surface area contributed by atoms with E-state index < -0.39 is 11.7 Å². The van der Waals surface area contributed by atoms with Gasteiger partial charge < -0.3 is 4.74 Å². The Labute approximate surface area is 142 Å². The molecule has 128 valence electrons. The molecular formula is C16H15ClF3N3O. The van der Waals surface area contributed by atoms with Crippen LogP contribution in [0.4, 0.5) is 13.2 Å². The number of benzene rings is 1. The molecule has 1 aliphatic rings. The molecule has 0 N–H and O–H groups in total. The third kappa shape index (κ3) is 4.36. The van der Waals surface area contributed by atoms with E-state index in [1.54, 1.807) is 0 Å². The lowest BCUT2D eigenvalue weighted by molar-refractivity contribution is -0.137. The van der Waals surface area contributed by atoms with Gasteiger partial charge in [0, 0.05) is 25.6 Å². The van der Waals surface area contributed by atoms with Crippen LogP contribution < -0.4 is 4.74 Å². The van der Waals surface area contributed by atoms with E-state index in [1.165, 1.54) is 24.5 Å². The summed E-state index contributed by atoms with van der Waals surface area (Å²) in [5, 5.41) is 0.282. The van der Waals surface area contributed by atoms with Crippen molar-refractivity contribution in [2.45, 2.75) is 12.7 Å². The third-order valence-corrected chi connectivity index (χ3v) is 3.95. The number of alkyl halides is 3. The van der Waals surface area contributed by atoms with Gasteiger partial charge in [0.05, 0.1) is 24.6 Å². The molecule has 0 aliphatic carbocycles. The number of nitrogens with zero attached hydrogens (tertiary/aromatic N) is 3. The first kappa shape index (κ1) is 17.0. The fraction of sp³-hybridized carbons (Fsp3) is 0.375. The minimum Gasteiger partial charge on any atom is -0.476 e. The molecule has 3 rings (SSSR count). The van der Waals surface area contributed by atoms with E-state index in [2.05, 4.69) is 14.9 Å². The topological polar surface area (TPSA) is 38.2 Å². The van der Waals surface area contributed by atoms with Crippen LogP contribution >= 0.6 is 11.6 Å². The summed E-state index contributed by atoms with van der Waals surface area (Å²) in [5.41, 5.74) is 0.242. The molecule has 0 amide bonds. The predicted octanol–water partition coefficient (Wildman–Crippen LogP) is 3.66. The number of likely N-dealkylation sites (tertiary alicyclic amines) is 1. The van der Waals surface area contributed by atoms with Gasteiger partial charge in [0.2, 0.25) is 5.88 Å². The second kappa shape index (κ2) is 6.94. The van der Waals surface area contributed by atoms with Crippen molar-refractivity contribution in [2.75, 3.05) is 19.7 Å². The van der Waals surface area contributed by atoms with Crippen molar-refractivity contribution in [1.82, 2.24) is 14.9 Å². The number of halogens is 4. The van der Waals surface area contributed by atoms with Gasteiger partial charge in [0.1, 0.15) is 0 Å². The SMILES string of the molecule is FC(F)(F)c1ccc(CN2CC(COc3cncc(Cl)n3)C2)cc1. The lowest BCUT2D eigenvalue weighted by atomic mass is 10.00. The molecule has 1 aliphatic heterocycles. The second-order valence-corrected chi connectivity index (χ2v) is 6.13. The van der Waals surface area contributed by atoms with Crippen molar-refractivity contribution >= 4 is 11.6 Å². The summed E-state index contributed by atoms with van der Waals surface area (Å²) in [4.78, 5) is 10.0. The van der Waals surface area contributed by atoms with Crippen LogP contribution in [0.3, 0.4) is 0 Å². The zero-order valence-corrected chi connectivity index (χ0v) is 13.4. The molecular weight excluding hydrogens is 343 g/mol. The average Bonchev–Trinajstić information content (AvgIpc) is 2.49. The van der Waals surface area contributed by atoms with Gasteiger partial charge in [0.15, 0.2) is 5.15 Å². The van der Waals surface area contributed by atoms with Crippen molar-refractivity contribution in [2.24, 2.45) is 5.92 Å². The number of ether oxygens (including phenoxy) is 1. The van der Waals surface area contributed by atoms with Crippen LogP contribution in [-0.2, 0) is 12.7 Å². The minimum absolute atomic E-state index is 0.282. The molecule has 24 heavy (non-hydrogen) atoms. The summed E-state index contributed by atoms with van der Waals surface area (Å²) in [6.07, 6.45) is -1.35. The van der Waals surface area contributed by atoms with Crippen molar-refractivity contribution < 1.29 is 17.9 Å². The van der Waals surface area contributed by atoms with Gasteiger partial charge in [-0.25, -0.2) is 0 Å². The third-order valence-electron chi connectivity index (χ3n) is 3.77. The first-order chi connectivity index (χ1) is 11.4. The van der Waals surface area contributed by atoms with Crippen LogP contribution in [0.2, 0.25) is 5.15 Å². The Balaban J connectivity index is 1.42. The van der Waals surface area contributed by atoms with E-state index >= 15 is 0 Å². The maximum Gasteiger partial charge on any atom is 0.416 e.